The van der Waals surface area contributed by atoms with Gasteiger partial charge in [0.05, 0.1) is 0 Å². The fourth-order valence-electron chi connectivity index (χ4n) is 0. The van der Waals surface area contributed by atoms with Gasteiger partial charge < -0.3 is 0 Å². The Kier molecular flexibility index (Phi) is 397. The van der Waals surface area contributed by atoms with Gasteiger partial charge in [-0.2, -0.15) is 0 Å². The Morgan fingerprint density at radius 2 is 1.00 bits per heavy atom. The van der Waals surface area contributed by atoms with Crippen molar-refractivity contribution >= 4 is 19.4 Å². The van der Waals surface area contributed by atoms with Gasteiger partial charge in [0.25, 0.3) is 0 Å². The largest absolute Gasteiger partial charge is 0.0125 e. The van der Waals surface area contributed by atoms with Gasteiger partial charge in [-0.25, -0.2) is 0 Å². The molecular weight excluding hydrogens is 154 g/mol. The Labute approximate surface area is 53.4 Å². The van der Waals surface area contributed by atoms with Crippen LogP contribution in [0.3, 0.4) is 0 Å². The van der Waals surface area contributed by atoms with E-state index in [1.807, 2.05) is 0 Å². The van der Waals surface area contributed by atoms with Crippen LogP contribution >= 0.6 is 0 Å². The molecule has 4 heavy (non-hydrogen) atoms. The van der Waals surface area contributed by atoms with Gasteiger partial charge in [0.15, 0.2) is 0 Å². The normalized spacial score (nSPS) is 0. The van der Waals surface area contributed by atoms with E-state index in [0.29, 0.717) is 0 Å². The van der Waals surface area contributed by atoms with Crippen LogP contribution in [-0.2, 0) is 33.8 Å². The molecule has 0 rings (SSSR count). The summed E-state index contributed by atoms with van der Waals surface area (Å²) in [4.78, 5) is 0. The fraction of sp³-hybridized carbons (Fsp3) is 0. The molecule has 27 valence electrons. The maximum absolute atomic E-state index is 0. The van der Waals surface area contributed by atoms with Crippen LogP contribution < -0.4 is 0 Å². The zero-order valence-corrected chi connectivity index (χ0v) is 6.41. The van der Waals surface area contributed by atoms with E-state index < -0.39 is 0 Å². The van der Waals surface area contributed by atoms with Crippen LogP contribution in [0.5, 0.6) is 0 Å². The average Bonchev–Trinajstić information content (AvgIpc) is 0. The van der Waals surface area contributed by atoms with Crippen LogP contribution in [0.1, 0.15) is 0 Å². The summed E-state index contributed by atoms with van der Waals surface area (Å²) in [7, 11) is 0. The number of rotatable bonds is 0. The first-order valence-electron chi connectivity index (χ1n) is 0. The molecule has 0 fully saturated rings. The molecular formula is H3BCoFeSi. The molecule has 0 aromatic rings. The van der Waals surface area contributed by atoms with Crippen molar-refractivity contribution in [1.82, 2.24) is 0 Å². The Morgan fingerprint density at radius 1 is 1.00 bits per heavy atom. The van der Waals surface area contributed by atoms with E-state index in [9.17, 15) is 0 Å². The van der Waals surface area contributed by atoms with Crippen LogP contribution in [0.15, 0.2) is 0 Å². The minimum atomic E-state index is 0. The van der Waals surface area contributed by atoms with E-state index in [0.717, 1.165) is 0 Å². The van der Waals surface area contributed by atoms with Gasteiger partial charge in [-0.15, -0.1) is 0 Å². The summed E-state index contributed by atoms with van der Waals surface area (Å²) < 4.78 is 0. The van der Waals surface area contributed by atoms with Gasteiger partial charge in [-0.1, -0.05) is 0 Å². The first-order chi connectivity index (χ1) is 0. The molecule has 0 saturated heterocycles. The van der Waals surface area contributed by atoms with E-state index in [-0.39, 0.29) is 53.2 Å². The van der Waals surface area contributed by atoms with Crippen molar-refractivity contribution in [2.24, 2.45) is 0 Å². The maximum Gasteiger partial charge on any atom is 0 e. The molecule has 0 aromatic heterocycles. The molecule has 0 saturated carbocycles. The Hall–Kier alpha value is 1.31. The van der Waals surface area contributed by atoms with Gasteiger partial charge in [0.1, 0.15) is 0 Å². The van der Waals surface area contributed by atoms with Gasteiger partial charge in [0, 0.05) is 42.3 Å². The Morgan fingerprint density at radius 3 is 1.00 bits per heavy atom. The van der Waals surface area contributed by atoms with Crippen LogP contribution in [0.25, 0.3) is 0 Å². The minimum absolute atomic E-state index is 0. The molecule has 0 aromatic carbocycles. The monoisotopic (exact) mass is 157 g/mol. The molecule has 0 amide bonds. The average molecular weight is 157 g/mol. The van der Waals surface area contributed by atoms with Crippen molar-refractivity contribution in [2.75, 3.05) is 0 Å². The molecule has 0 aliphatic heterocycles. The molecule has 0 unspecified atom stereocenters. The first-order valence-corrected chi connectivity index (χ1v) is 0. The van der Waals surface area contributed by atoms with E-state index in [4.69, 9.17) is 0 Å². The summed E-state index contributed by atoms with van der Waals surface area (Å²) in [5.74, 6) is 0. The number of hydrogen-bond acceptors (Lipinski definition) is 0. The quantitative estimate of drug-likeness (QED) is 0.372. The van der Waals surface area contributed by atoms with Crippen LogP contribution in [0.4, 0.5) is 0 Å². The second-order valence-corrected chi connectivity index (χ2v) is 0. The zero-order chi connectivity index (χ0) is 0. The van der Waals surface area contributed by atoms with Gasteiger partial charge >= 0.3 is 0 Å². The van der Waals surface area contributed by atoms with Crippen molar-refractivity contribution in [3.63, 3.8) is 0 Å². The second kappa shape index (κ2) is 27.6. The maximum atomic E-state index is 0. The topological polar surface area (TPSA) is 0 Å². The molecule has 0 aliphatic rings. The second-order valence-electron chi connectivity index (χ2n) is 0. The predicted molar refractivity (Wildman–Crippen MR) is 15.7 cm³/mol. The summed E-state index contributed by atoms with van der Waals surface area (Å²) in [6.45, 7) is 0. The molecule has 0 spiro atoms. The van der Waals surface area contributed by atoms with E-state index in [1.165, 1.54) is 0 Å². The molecule has 0 atom stereocenters. The molecule has 0 nitrogen and oxygen atoms in total. The SMILES string of the molecule is [B].[Co].[Fe].[SiH3]. The van der Waals surface area contributed by atoms with E-state index in [1.54, 1.807) is 0 Å². The standard InChI is InChI=1S/B.Co.Fe.H3Si/h;;;1H3. The third-order valence-electron chi connectivity index (χ3n) is 0. The number of hydrogen-bond donors (Lipinski definition) is 0. The van der Waals surface area contributed by atoms with Crippen LogP contribution in [-0.4, -0.2) is 19.4 Å². The van der Waals surface area contributed by atoms with E-state index >= 15 is 0 Å². The van der Waals surface area contributed by atoms with Crippen molar-refractivity contribution in [2.45, 2.75) is 0 Å². The predicted octanol–water partition coefficient (Wildman–Crippen LogP) is -1.57. The van der Waals surface area contributed by atoms with Crippen molar-refractivity contribution in [3.05, 3.63) is 0 Å². The van der Waals surface area contributed by atoms with Crippen LogP contribution in [0.2, 0.25) is 0 Å². The third-order valence-corrected chi connectivity index (χ3v) is 0. The summed E-state index contributed by atoms with van der Waals surface area (Å²) >= 11 is 0. The Bertz CT molecular complexity index is 8.00. The van der Waals surface area contributed by atoms with Gasteiger partial charge in [-0.3, -0.25) is 0 Å². The smallest absolute Gasteiger partial charge is 0 e. The van der Waals surface area contributed by atoms with Crippen LogP contribution in [0, 0.1) is 0 Å². The van der Waals surface area contributed by atoms with Gasteiger partial charge in [0.2, 0.25) is 0 Å². The van der Waals surface area contributed by atoms with Crippen molar-refractivity contribution in [1.29, 1.82) is 0 Å². The van der Waals surface area contributed by atoms with Crippen molar-refractivity contribution in [3.8, 4) is 0 Å². The molecule has 0 N–H and O–H groups in total. The summed E-state index contributed by atoms with van der Waals surface area (Å²) in [5.41, 5.74) is 0. The van der Waals surface area contributed by atoms with Gasteiger partial charge in [-0.05, 0) is 11.0 Å². The minimum Gasteiger partial charge on any atom is -0.0125 e. The summed E-state index contributed by atoms with van der Waals surface area (Å²) in [6.07, 6.45) is 0. The molecule has 0 bridgehead atoms. The molecule has 0 heterocycles. The molecule has 0 aliphatic carbocycles. The summed E-state index contributed by atoms with van der Waals surface area (Å²) in [5, 5.41) is 0. The molecule has 5 radical (unpaired) electrons. The summed E-state index contributed by atoms with van der Waals surface area (Å²) in [6, 6.07) is 0. The molecule has 4 heteroatoms. The third kappa shape index (κ3) is 10.3. The van der Waals surface area contributed by atoms with Crippen molar-refractivity contribution < 1.29 is 33.8 Å². The Balaban J connectivity index is 0. The van der Waals surface area contributed by atoms with E-state index in [2.05, 4.69) is 0 Å². The first kappa shape index (κ1) is 57.6. The zero-order valence-electron chi connectivity index (χ0n) is 2.26. The fourth-order valence-corrected chi connectivity index (χ4v) is 0.